The summed E-state index contributed by atoms with van der Waals surface area (Å²) in [4.78, 5) is 24.3. The molecule has 0 saturated carbocycles. The lowest BCUT2D eigenvalue weighted by Crippen LogP contribution is -3.09. The average molecular weight is 320 g/mol. The Morgan fingerprint density at radius 1 is 1.13 bits per heavy atom. The molecule has 1 unspecified atom stereocenters. The van der Waals surface area contributed by atoms with Crippen LogP contribution in [0.3, 0.4) is 0 Å². The number of hydrogen-bond acceptors (Lipinski definition) is 2. The van der Waals surface area contributed by atoms with Gasteiger partial charge in [0.15, 0.2) is 6.54 Å². The maximum atomic E-state index is 11.8. The number of carbonyl (C=O) groups excluding carboxylic acids is 2. The van der Waals surface area contributed by atoms with Crippen molar-refractivity contribution in [3.63, 3.8) is 0 Å². The summed E-state index contributed by atoms with van der Waals surface area (Å²) in [6.07, 6.45) is 0.845. The minimum atomic E-state index is -0.417. The maximum absolute atomic E-state index is 11.8. The molecular formula is C18H30N3O2+. The van der Waals surface area contributed by atoms with Crippen molar-refractivity contribution in [3.05, 3.63) is 35.4 Å². The summed E-state index contributed by atoms with van der Waals surface area (Å²) in [6.45, 7) is 10.1. The van der Waals surface area contributed by atoms with Gasteiger partial charge >= 0.3 is 6.03 Å². The van der Waals surface area contributed by atoms with Gasteiger partial charge in [0.1, 0.15) is 6.54 Å². The molecule has 0 aromatic heterocycles. The molecule has 0 heterocycles. The first-order valence-electron chi connectivity index (χ1n) is 8.20. The summed E-state index contributed by atoms with van der Waals surface area (Å²) in [6, 6.07) is 8.08. The molecule has 0 saturated heterocycles. The van der Waals surface area contributed by atoms with Crippen molar-refractivity contribution in [3.8, 4) is 0 Å². The summed E-state index contributed by atoms with van der Waals surface area (Å²) < 4.78 is 0. The van der Waals surface area contributed by atoms with Crippen molar-refractivity contribution < 1.29 is 14.5 Å². The quantitative estimate of drug-likeness (QED) is 0.738. The topological polar surface area (TPSA) is 62.6 Å². The second-order valence-electron chi connectivity index (χ2n) is 7.06. The van der Waals surface area contributed by atoms with Gasteiger partial charge in [-0.25, -0.2) is 4.79 Å². The van der Waals surface area contributed by atoms with Crippen LogP contribution in [-0.4, -0.2) is 32.1 Å². The molecule has 0 aliphatic rings. The molecule has 128 valence electrons. The van der Waals surface area contributed by atoms with E-state index in [1.165, 1.54) is 11.1 Å². The lowest BCUT2D eigenvalue weighted by atomic mass is 9.87. The van der Waals surface area contributed by atoms with Crippen LogP contribution < -0.4 is 15.5 Å². The third-order valence-corrected chi connectivity index (χ3v) is 3.58. The fourth-order valence-corrected chi connectivity index (χ4v) is 2.26. The van der Waals surface area contributed by atoms with Crippen LogP contribution in [0.2, 0.25) is 0 Å². The fourth-order valence-electron chi connectivity index (χ4n) is 2.26. The Morgan fingerprint density at radius 2 is 1.74 bits per heavy atom. The molecule has 1 atom stereocenters. The van der Waals surface area contributed by atoms with Crippen LogP contribution in [0.1, 0.15) is 45.2 Å². The van der Waals surface area contributed by atoms with E-state index in [2.05, 4.69) is 55.7 Å². The summed E-state index contributed by atoms with van der Waals surface area (Å²) >= 11 is 0. The van der Waals surface area contributed by atoms with Crippen LogP contribution in [-0.2, 0) is 16.8 Å². The number of imide groups is 1. The predicted molar refractivity (Wildman–Crippen MR) is 92.4 cm³/mol. The van der Waals surface area contributed by atoms with E-state index in [1.54, 1.807) is 0 Å². The highest BCUT2D eigenvalue weighted by Crippen LogP contribution is 2.21. The highest BCUT2D eigenvalue weighted by molar-refractivity contribution is 5.94. The van der Waals surface area contributed by atoms with Gasteiger partial charge in [-0.3, -0.25) is 10.1 Å². The number of quaternary nitrogens is 1. The number of carbonyl (C=O) groups is 2. The van der Waals surface area contributed by atoms with Gasteiger partial charge in [-0.2, -0.15) is 0 Å². The molecule has 5 nitrogen and oxygen atoms in total. The molecule has 5 heteroatoms. The highest BCUT2D eigenvalue weighted by Gasteiger charge is 2.15. The Kier molecular flexibility index (Phi) is 7.23. The maximum Gasteiger partial charge on any atom is 0.321 e. The SMILES string of the molecule is CCCNC(=O)NC(=O)C[NH+](C)Cc1ccc(C(C)(C)C)cc1. The zero-order valence-corrected chi connectivity index (χ0v) is 15.0. The average Bonchev–Trinajstić information content (AvgIpc) is 2.44. The Morgan fingerprint density at radius 3 is 2.26 bits per heavy atom. The van der Waals surface area contributed by atoms with E-state index in [9.17, 15) is 9.59 Å². The van der Waals surface area contributed by atoms with Crippen LogP contribution in [0, 0.1) is 0 Å². The van der Waals surface area contributed by atoms with Gasteiger partial charge in [-0.15, -0.1) is 0 Å². The molecule has 0 spiro atoms. The predicted octanol–water partition coefficient (Wildman–Crippen LogP) is 1.23. The van der Waals surface area contributed by atoms with Gasteiger partial charge in [0, 0.05) is 12.1 Å². The normalized spacial score (nSPS) is 12.6. The van der Waals surface area contributed by atoms with Gasteiger partial charge in [0.25, 0.3) is 5.91 Å². The minimum Gasteiger partial charge on any atom is -0.338 e. The van der Waals surface area contributed by atoms with E-state index >= 15 is 0 Å². The largest absolute Gasteiger partial charge is 0.338 e. The molecule has 1 rings (SSSR count). The molecule has 0 fully saturated rings. The van der Waals surface area contributed by atoms with Crippen LogP contribution in [0.15, 0.2) is 24.3 Å². The molecule has 0 radical (unpaired) electrons. The van der Waals surface area contributed by atoms with Crippen molar-refractivity contribution in [1.82, 2.24) is 10.6 Å². The summed E-state index contributed by atoms with van der Waals surface area (Å²) in [7, 11) is 1.95. The number of benzene rings is 1. The van der Waals surface area contributed by atoms with E-state index in [-0.39, 0.29) is 17.9 Å². The first kappa shape index (κ1) is 19.2. The molecule has 3 N–H and O–H groups in total. The smallest absolute Gasteiger partial charge is 0.321 e. The Labute approximate surface area is 139 Å². The number of urea groups is 1. The molecule has 0 aliphatic heterocycles. The third kappa shape index (κ3) is 7.28. The first-order valence-corrected chi connectivity index (χ1v) is 8.20. The molecular weight excluding hydrogens is 290 g/mol. The van der Waals surface area contributed by atoms with Gasteiger partial charge in [-0.1, -0.05) is 52.0 Å². The molecule has 1 aromatic rings. The number of amides is 3. The zero-order chi connectivity index (χ0) is 17.5. The lowest BCUT2D eigenvalue weighted by molar-refractivity contribution is -0.885. The Bertz CT molecular complexity index is 518. The van der Waals surface area contributed by atoms with Gasteiger partial charge in [0.2, 0.25) is 0 Å². The number of nitrogens with one attached hydrogen (secondary N) is 3. The van der Waals surface area contributed by atoms with Crippen molar-refractivity contribution in [1.29, 1.82) is 0 Å². The molecule has 0 aliphatic carbocycles. The number of rotatable bonds is 6. The van der Waals surface area contributed by atoms with E-state index in [4.69, 9.17) is 0 Å². The minimum absolute atomic E-state index is 0.142. The molecule has 0 bridgehead atoms. The van der Waals surface area contributed by atoms with Crippen LogP contribution in [0.25, 0.3) is 0 Å². The Hall–Kier alpha value is -1.88. The monoisotopic (exact) mass is 320 g/mol. The zero-order valence-electron chi connectivity index (χ0n) is 15.0. The van der Waals surface area contributed by atoms with Gasteiger partial charge < -0.3 is 10.2 Å². The van der Waals surface area contributed by atoms with Crippen molar-refractivity contribution in [2.24, 2.45) is 0 Å². The standard InChI is InChI=1S/C18H29N3O2/c1-6-11-19-17(23)20-16(22)13-21(5)12-14-7-9-15(10-8-14)18(2,3)4/h7-10H,6,11-13H2,1-5H3,(H2,19,20,22,23)/p+1. The number of likely N-dealkylation sites (N-methyl/N-ethyl adjacent to an activating group) is 1. The van der Waals surface area contributed by atoms with E-state index < -0.39 is 6.03 Å². The lowest BCUT2D eigenvalue weighted by Gasteiger charge is -2.19. The second kappa shape index (κ2) is 8.67. The first-order chi connectivity index (χ1) is 10.7. The van der Waals surface area contributed by atoms with Gasteiger partial charge in [0.05, 0.1) is 7.05 Å². The third-order valence-electron chi connectivity index (χ3n) is 3.58. The van der Waals surface area contributed by atoms with Crippen LogP contribution in [0.4, 0.5) is 4.79 Å². The van der Waals surface area contributed by atoms with Crippen molar-refractivity contribution in [2.75, 3.05) is 20.1 Å². The van der Waals surface area contributed by atoms with Gasteiger partial charge in [-0.05, 0) is 17.4 Å². The number of hydrogen-bond donors (Lipinski definition) is 3. The van der Waals surface area contributed by atoms with Crippen LogP contribution in [0.5, 0.6) is 0 Å². The van der Waals surface area contributed by atoms with E-state index in [0.717, 1.165) is 17.9 Å². The fraction of sp³-hybridized carbons (Fsp3) is 0.556. The van der Waals surface area contributed by atoms with Crippen molar-refractivity contribution in [2.45, 2.75) is 46.1 Å². The summed E-state index contributed by atoms with van der Waals surface area (Å²) in [5.41, 5.74) is 2.62. The van der Waals surface area contributed by atoms with Crippen molar-refractivity contribution >= 4 is 11.9 Å². The molecule has 23 heavy (non-hydrogen) atoms. The molecule has 1 aromatic carbocycles. The summed E-state index contributed by atoms with van der Waals surface area (Å²) in [5, 5.41) is 4.98. The van der Waals surface area contributed by atoms with E-state index in [0.29, 0.717) is 6.54 Å². The Balaban J connectivity index is 2.45. The summed E-state index contributed by atoms with van der Waals surface area (Å²) in [5.74, 6) is -0.262. The highest BCUT2D eigenvalue weighted by atomic mass is 16.2. The molecule has 3 amide bonds. The van der Waals surface area contributed by atoms with Crippen LogP contribution >= 0.6 is 0 Å². The second-order valence-corrected chi connectivity index (χ2v) is 7.06. The van der Waals surface area contributed by atoms with E-state index in [1.807, 2.05) is 14.0 Å².